The van der Waals surface area contributed by atoms with Crippen molar-refractivity contribution < 1.29 is 4.42 Å². The summed E-state index contributed by atoms with van der Waals surface area (Å²) in [5.41, 5.74) is 2.26. The fraction of sp³-hybridized carbons (Fsp3) is 0.417. The molecule has 0 aliphatic carbocycles. The van der Waals surface area contributed by atoms with E-state index in [1.165, 1.54) is 0 Å². The van der Waals surface area contributed by atoms with Crippen molar-refractivity contribution >= 4 is 15.9 Å². The molecule has 0 bridgehead atoms. The Morgan fingerprint density at radius 3 is 2.88 bits per heavy atom. The van der Waals surface area contributed by atoms with Gasteiger partial charge in [-0.25, -0.2) is 0 Å². The van der Waals surface area contributed by atoms with Gasteiger partial charge in [-0.1, -0.05) is 6.92 Å². The second-order valence-corrected chi connectivity index (χ2v) is 4.66. The van der Waals surface area contributed by atoms with E-state index in [0.29, 0.717) is 0 Å². The molecule has 0 atom stereocenters. The van der Waals surface area contributed by atoms with Gasteiger partial charge in [-0.3, -0.25) is 4.68 Å². The van der Waals surface area contributed by atoms with Gasteiger partial charge in [0.05, 0.1) is 28.7 Å². The SMILES string of the molecule is CCc1nn(C)c(CNCc2ccco2)c1Br. The number of nitrogens with zero attached hydrogens (tertiary/aromatic N) is 2. The highest BCUT2D eigenvalue weighted by Gasteiger charge is 2.11. The third-order valence-corrected chi connectivity index (χ3v) is 3.59. The molecule has 0 aromatic carbocycles. The zero-order chi connectivity index (χ0) is 12.3. The van der Waals surface area contributed by atoms with E-state index >= 15 is 0 Å². The summed E-state index contributed by atoms with van der Waals surface area (Å²) < 4.78 is 8.28. The van der Waals surface area contributed by atoms with E-state index in [1.807, 2.05) is 23.9 Å². The Hall–Kier alpha value is -1.07. The number of nitrogens with one attached hydrogen (secondary N) is 1. The van der Waals surface area contributed by atoms with Crippen LogP contribution in [0.5, 0.6) is 0 Å². The van der Waals surface area contributed by atoms with E-state index < -0.39 is 0 Å². The van der Waals surface area contributed by atoms with Crippen molar-refractivity contribution in [3.8, 4) is 0 Å². The number of aromatic nitrogens is 2. The molecule has 0 fully saturated rings. The predicted molar refractivity (Wildman–Crippen MR) is 69.5 cm³/mol. The zero-order valence-electron chi connectivity index (χ0n) is 10.0. The van der Waals surface area contributed by atoms with Crippen molar-refractivity contribution in [3.05, 3.63) is 40.0 Å². The maximum absolute atomic E-state index is 5.26. The summed E-state index contributed by atoms with van der Waals surface area (Å²) in [6.45, 7) is 3.60. The molecule has 0 unspecified atom stereocenters. The molecule has 2 aromatic heterocycles. The van der Waals surface area contributed by atoms with E-state index in [-0.39, 0.29) is 0 Å². The third kappa shape index (κ3) is 2.79. The van der Waals surface area contributed by atoms with Gasteiger partial charge >= 0.3 is 0 Å². The van der Waals surface area contributed by atoms with Crippen LogP contribution in [-0.4, -0.2) is 9.78 Å². The average molecular weight is 298 g/mol. The molecule has 5 heteroatoms. The lowest BCUT2D eigenvalue weighted by molar-refractivity contribution is 0.478. The topological polar surface area (TPSA) is 43.0 Å². The van der Waals surface area contributed by atoms with Crippen molar-refractivity contribution in [2.75, 3.05) is 0 Å². The molecule has 0 saturated heterocycles. The summed E-state index contributed by atoms with van der Waals surface area (Å²) in [4.78, 5) is 0. The van der Waals surface area contributed by atoms with Crippen molar-refractivity contribution in [1.29, 1.82) is 0 Å². The first kappa shape index (κ1) is 12.4. The van der Waals surface area contributed by atoms with Crippen LogP contribution in [0.4, 0.5) is 0 Å². The van der Waals surface area contributed by atoms with Gasteiger partial charge in [-0.05, 0) is 34.5 Å². The van der Waals surface area contributed by atoms with Gasteiger partial charge in [0.2, 0.25) is 0 Å². The number of rotatable bonds is 5. The van der Waals surface area contributed by atoms with Gasteiger partial charge in [-0.15, -0.1) is 0 Å². The predicted octanol–water partition coefficient (Wildman–Crippen LogP) is 2.63. The Morgan fingerprint density at radius 1 is 1.47 bits per heavy atom. The molecule has 4 nitrogen and oxygen atoms in total. The fourth-order valence-corrected chi connectivity index (χ4v) is 2.49. The summed E-state index contributed by atoms with van der Waals surface area (Å²) >= 11 is 3.59. The standard InChI is InChI=1S/C12H16BrN3O/c1-3-10-12(13)11(16(2)15-10)8-14-7-9-5-4-6-17-9/h4-6,14H,3,7-8H2,1-2H3. The maximum Gasteiger partial charge on any atom is 0.117 e. The highest BCUT2D eigenvalue weighted by molar-refractivity contribution is 9.10. The Balaban J connectivity index is 1.97. The Bertz CT molecular complexity index is 476. The maximum atomic E-state index is 5.26. The molecule has 2 aromatic rings. The highest BCUT2D eigenvalue weighted by Crippen LogP contribution is 2.21. The summed E-state index contributed by atoms with van der Waals surface area (Å²) in [6.07, 6.45) is 2.62. The minimum Gasteiger partial charge on any atom is -0.468 e. The number of furan rings is 1. The molecule has 1 N–H and O–H groups in total. The molecule has 0 radical (unpaired) electrons. The molecule has 2 rings (SSSR count). The van der Waals surface area contributed by atoms with Gasteiger partial charge in [0.25, 0.3) is 0 Å². The van der Waals surface area contributed by atoms with Crippen LogP contribution in [0.2, 0.25) is 0 Å². The molecule has 2 heterocycles. The number of hydrogen-bond donors (Lipinski definition) is 1. The van der Waals surface area contributed by atoms with E-state index in [4.69, 9.17) is 4.42 Å². The van der Waals surface area contributed by atoms with Crippen LogP contribution in [0.3, 0.4) is 0 Å². The summed E-state index contributed by atoms with van der Waals surface area (Å²) in [6, 6.07) is 3.86. The van der Waals surface area contributed by atoms with Gasteiger partial charge in [0.15, 0.2) is 0 Å². The van der Waals surface area contributed by atoms with Crippen LogP contribution in [0.25, 0.3) is 0 Å². The van der Waals surface area contributed by atoms with Crippen LogP contribution in [-0.2, 0) is 26.6 Å². The molecule has 92 valence electrons. The zero-order valence-corrected chi connectivity index (χ0v) is 11.6. The van der Waals surface area contributed by atoms with Crippen LogP contribution in [0.15, 0.2) is 27.3 Å². The first-order chi connectivity index (χ1) is 8.22. The minimum absolute atomic E-state index is 0.728. The Labute approximate surface area is 109 Å². The molecule has 17 heavy (non-hydrogen) atoms. The largest absolute Gasteiger partial charge is 0.468 e. The van der Waals surface area contributed by atoms with Crippen LogP contribution in [0, 0.1) is 0 Å². The second kappa shape index (κ2) is 5.51. The number of hydrogen-bond acceptors (Lipinski definition) is 3. The molecule has 0 spiro atoms. The monoisotopic (exact) mass is 297 g/mol. The number of halogens is 1. The summed E-state index contributed by atoms with van der Waals surface area (Å²) in [7, 11) is 1.97. The second-order valence-electron chi connectivity index (χ2n) is 3.87. The smallest absolute Gasteiger partial charge is 0.117 e. The molecule has 0 saturated carbocycles. The first-order valence-corrected chi connectivity index (χ1v) is 6.45. The lowest BCUT2D eigenvalue weighted by atomic mass is 10.3. The normalized spacial score (nSPS) is 11.0. The van der Waals surface area contributed by atoms with Crippen molar-refractivity contribution in [1.82, 2.24) is 15.1 Å². The van der Waals surface area contributed by atoms with Gasteiger partial charge in [-0.2, -0.15) is 5.10 Å². The van der Waals surface area contributed by atoms with E-state index in [0.717, 1.165) is 41.1 Å². The quantitative estimate of drug-likeness (QED) is 0.922. The minimum atomic E-state index is 0.728. The summed E-state index contributed by atoms with van der Waals surface area (Å²) in [5.74, 6) is 0.944. The molecular formula is C12H16BrN3O. The van der Waals surface area contributed by atoms with E-state index in [9.17, 15) is 0 Å². The third-order valence-electron chi connectivity index (χ3n) is 2.67. The van der Waals surface area contributed by atoms with Gasteiger partial charge in [0.1, 0.15) is 5.76 Å². The molecular weight excluding hydrogens is 282 g/mol. The van der Waals surface area contributed by atoms with Crippen LogP contribution >= 0.6 is 15.9 Å². The van der Waals surface area contributed by atoms with Crippen LogP contribution in [0.1, 0.15) is 24.1 Å². The highest BCUT2D eigenvalue weighted by atomic mass is 79.9. The van der Waals surface area contributed by atoms with E-state index in [1.54, 1.807) is 6.26 Å². The molecule has 0 aliphatic rings. The molecule has 0 aliphatic heterocycles. The average Bonchev–Trinajstić information content (AvgIpc) is 2.91. The van der Waals surface area contributed by atoms with Gasteiger partial charge in [0, 0.05) is 13.6 Å². The number of aryl methyl sites for hydroxylation is 2. The van der Waals surface area contributed by atoms with Crippen LogP contribution < -0.4 is 5.32 Å². The fourth-order valence-electron chi connectivity index (χ4n) is 1.73. The van der Waals surface area contributed by atoms with Gasteiger partial charge < -0.3 is 9.73 Å². The van der Waals surface area contributed by atoms with Crippen molar-refractivity contribution in [2.45, 2.75) is 26.4 Å². The van der Waals surface area contributed by atoms with Crippen molar-refractivity contribution in [3.63, 3.8) is 0 Å². The first-order valence-electron chi connectivity index (χ1n) is 5.65. The van der Waals surface area contributed by atoms with E-state index in [2.05, 4.69) is 33.3 Å². The van der Waals surface area contributed by atoms with Crippen molar-refractivity contribution in [2.24, 2.45) is 7.05 Å². The Kier molecular flexibility index (Phi) is 4.02. The molecule has 0 amide bonds. The lowest BCUT2D eigenvalue weighted by Gasteiger charge is -2.04. The summed E-state index contributed by atoms with van der Waals surface area (Å²) in [5, 5.41) is 7.79. The Morgan fingerprint density at radius 2 is 2.29 bits per heavy atom. The lowest BCUT2D eigenvalue weighted by Crippen LogP contribution is -2.15.